The summed E-state index contributed by atoms with van der Waals surface area (Å²) in [7, 11) is 1.56. The van der Waals surface area contributed by atoms with E-state index in [1.165, 1.54) is 0 Å². The van der Waals surface area contributed by atoms with E-state index in [1.54, 1.807) is 24.0 Å². The fourth-order valence-corrected chi connectivity index (χ4v) is 1.95. The van der Waals surface area contributed by atoms with Gasteiger partial charge in [0.2, 0.25) is 0 Å². The Morgan fingerprint density at radius 3 is 2.85 bits per heavy atom. The molecule has 0 aliphatic rings. The molecule has 0 unspecified atom stereocenters. The first-order valence-corrected chi connectivity index (χ1v) is 6.75. The van der Waals surface area contributed by atoms with Crippen molar-refractivity contribution in [1.82, 2.24) is 25.1 Å². The third-order valence-corrected chi connectivity index (χ3v) is 3.21. The number of amides is 1. The van der Waals surface area contributed by atoms with Gasteiger partial charge in [-0.1, -0.05) is 18.5 Å². The van der Waals surface area contributed by atoms with Crippen LogP contribution in [-0.4, -0.2) is 32.7 Å². The van der Waals surface area contributed by atoms with Crippen molar-refractivity contribution < 1.29 is 4.79 Å². The Bertz CT molecular complexity index is 638. The van der Waals surface area contributed by atoms with Gasteiger partial charge in [-0.2, -0.15) is 5.10 Å². The van der Waals surface area contributed by atoms with Gasteiger partial charge < -0.3 is 5.32 Å². The molecule has 0 spiro atoms. The molecule has 1 amide bonds. The largest absolute Gasteiger partial charge is 0.354 e. The topological polar surface area (TPSA) is 72.7 Å². The summed E-state index contributed by atoms with van der Waals surface area (Å²) in [5.41, 5.74) is 1.07. The second kappa shape index (κ2) is 6.00. The molecule has 0 aliphatic heterocycles. The second-order valence-corrected chi connectivity index (χ2v) is 4.71. The zero-order valence-electron chi connectivity index (χ0n) is 11.6. The highest BCUT2D eigenvalue weighted by molar-refractivity contribution is 6.30. The van der Waals surface area contributed by atoms with E-state index in [9.17, 15) is 4.79 Å². The number of hydrogen-bond donors (Lipinski definition) is 1. The van der Waals surface area contributed by atoms with Gasteiger partial charge in [-0.3, -0.25) is 4.79 Å². The van der Waals surface area contributed by atoms with Crippen LogP contribution in [0.2, 0.25) is 5.15 Å². The van der Waals surface area contributed by atoms with E-state index in [2.05, 4.69) is 20.4 Å². The fourth-order valence-electron chi connectivity index (χ4n) is 1.77. The highest BCUT2D eigenvalue weighted by Gasteiger charge is 2.14. The van der Waals surface area contributed by atoms with E-state index in [4.69, 9.17) is 11.6 Å². The molecule has 0 fully saturated rings. The summed E-state index contributed by atoms with van der Waals surface area (Å²) in [4.78, 5) is 20.2. The minimum Gasteiger partial charge on any atom is -0.354 e. The van der Waals surface area contributed by atoms with Crippen molar-refractivity contribution in [3.05, 3.63) is 34.5 Å². The molecule has 0 radical (unpaired) electrons. The molecular weight excluding hydrogens is 278 g/mol. The molecule has 0 aromatic carbocycles. The minimum atomic E-state index is -0.240. The van der Waals surface area contributed by atoms with Crippen LogP contribution in [0.5, 0.6) is 0 Å². The van der Waals surface area contributed by atoms with Gasteiger partial charge in [0.15, 0.2) is 11.5 Å². The quantitative estimate of drug-likeness (QED) is 0.874. The van der Waals surface area contributed by atoms with Gasteiger partial charge in [-0.25, -0.2) is 14.6 Å². The van der Waals surface area contributed by atoms with Gasteiger partial charge in [0.25, 0.3) is 5.91 Å². The fraction of sp³-hybridized carbons (Fsp3) is 0.385. The van der Waals surface area contributed by atoms with Crippen LogP contribution in [0.1, 0.15) is 35.2 Å². The van der Waals surface area contributed by atoms with Gasteiger partial charge in [0.05, 0.1) is 0 Å². The number of nitrogens with one attached hydrogen (secondary N) is 1. The van der Waals surface area contributed by atoms with Crippen LogP contribution in [-0.2, 0) is 6.42 Å². The molecule has 20 heavy (non-hydrogen) atoms. The highest BCUT2D eigenvalue weighted by atomic mass is 35.5. The lowest BCUT2D eigenvalue weighted by atomic mass is 10.3. The van der Waals surface area contributed by atoms with E-state index in [0.29, 0.717) is 22.5 Å². The maximum Gasteiger partial charge on any atom is 0.271 e. The maximum atomic E-state index is 11.5. The summed E-state index contributed by atoms with van der Waals surface area (Å²) in [5.74, 6) is 1.04. The number of carbonyl (C=O) groups excluding carboxylic acids is 1. The van der Waals surface area contributed by atoms with Gasteiger partial charge in [-0.15, -0.1) is 0 Å². The molecule has 1 N–H and O–H groups in total. The van der Waals surface area contributed by atoms with Gasteiger partial charge in [0, 0.05) is 25.2 Å². The van der Waals surface area contributed by atoms with Gasteiger partial charge in [0.1, 0.15) is 11.0 Å². The summed E-state index contributed by atoms with van der Waals surface area (Å²) in [6.07, 6.45) is 3.37. The standard InChI is InChI=1S/C13H16ClN5O/c1-4-5-10-16-11(14)8(2)12(17-10)19-7-6-9(18-19)13(20)15-3/h6-7H,4-5H2,1-3H3,(H,15,20). The Balaban J connectivity index is 2.46. The Labute approximate surface area is 122 Å². The molecule has 2 aromatic heterocycles. The van der Waals surface area contributed by atoms with Crippen LogP contribution in [0.15, 0.2) is 12.3 Å². The number of rotatable bonds is 4. The van der Waals surface area contributed by atoms with Crippen LogP contribution in [0.3, 0.4) is 0 Å². The van der Waals surface area contributed by atoms with E-state index in [-0.39, 0.29) is 5.91 Å². The average molecular weight is 294 g/mol. The molecule has 0 atom stereocenters. The molecule has 0 bridgehead atoms. The number of halogens is 1. The van der Waals surface area contributed by atoms with E-state index < -0.39 is 0 Å². The molecule has 2 rings (SSSR count). The predicted molar refractivity (Wildman–Crippen MR) is 76.3 cm³/mol. The average Bonchev–Trinajstić information content (AvgIpc) is 2.91. The second-order valence-electron chi connectivity index (χ2n) is 4.35. The first-order chi connectivity index (χ1) is 9.56. The number of aryl methyl sites for hydroxylation is 1. The lowest BCUT2D eigenvalue weighted by Crippen LogP contribution is -2.18. The highest BCUT2D eigenvalue weighted by Crippen LogP contribution is 2.19. The third-order valence-electron chi connectivity index (χ3n) is 2.85. The minimum absolute atomic E-state index is 0.240. The summed E-state index contributed by atoms with van der Waals surface area (Å²) in [6, 6.07) is 1.63. The van der Waals surface area contributed by atoms with Crippen LogP contribution < -0.4 is 5.32 Å². The molecule has 6 nitrogen and oxygen atoms in total. The first-order valence-electron chi connectivity index (χ1n) is 6.38. The zero-order chi connectivity index (χ0) is 14.7. The first kappa shape index (κ1) is 14.5. The van der Waals surface area contributed by atoms with Crippen molar-refractivity contribution in [3.8, 4) is 5.82 Å². The Morgan fingerprint density at radius 2 is 2.20 bits per heavy atom. The smallest absolute Gasteiger partial charge is 0.271 e. The summed E-state index contributed by atoms with van der Waals surface area (Å²) >= 11 is 6.13. The van der Waals surface area contributed by atoms with Crippen molar-refractivity contribution in [2.45, 2.75) is 26.7 Å². The summed E-state index contributed by atoms with van der Waals surface area (Å²) in [5, 5.41) is 7.15. The van der Waals surface area contributed by atoms with Crippen molar-refractivity contribution in [3.63, 3.8) is 0 Å². The summed E-state index contributed by atoms with van der Waals surface area (Å²) in [6.45, 7) is 3.88. The lowest BCUT2D eigenvalue weighted by molar-refractivity contribution is 0.0957. The SMILES string of the molecule is CCCc1nc(Cl)c(C)c(-n2ccc(C(=O)NC)n2)n1. The zero-order valence-corrected chi connectivity index (χ0v) is 12.4. The van der Waals surface area contributed by atoms with Crippen molar-refractivity contribution >= 4 is 17.5 Å². The molecule has 0 saturated carbocycles. The lowest BCUT2D eigenvalue weighted by Gasteiger charge is -2.08. The van der Waals surface area contributed by atoms with Crippen molar-refractivity contribution in [1.29, 1.82) is 0 Å². The van der Waals surface area contributed by atoms with Gasteiger partial charge in [-0.05, 0) is 19.4 Å². The third kappa shape index (κ3) is 2.80. The molecule has 7 heteroatoms. The normalized spacial score (nSPS) is 10.6. The Hall–Kier alpha value is -1.95. The molecule has 2 heterocycles. The monoisotopic (exact) mass is 293 g/mol. The Morgan fingerprint density at radius 1 is 1.45 bits per heavy atom. The number of hydrogen-bond acceptors (Lipinski definition) is 4. The number of aromatic nitrogens is 4. The maximum absolute atomic E-state index is 11.5. The molecule has 106 valence electrons. The van der Waals surface area contributed by atoms with Crippen LogP contribution in [0.25, 0.3) is 5.82 Å². The number of nitrogens with zero attached hydrogens (tertiary/aromatic N) is 4. The van der Waals surface area contributed by atoms with E-state index in [0.717, 1.165) is 18.4 Å². The predicted octanol–water partition coefficient (Wildman–Crippen LogP) is 1.94. The Kier molecular flexibility index (Phi) is 4.34. The van der Waals surface area contributed by atoms with Crippen LogP contribution >= 0.6 is 11.6 Å². The van der Waals surface area contributed by atoms with E-state index in [1.807, 2.05) is 13.8 Å². The molecule has 0 aliphatic carbocycles. The molecular formula is C13H16ClN5O. The van der Waals surface area contributed by atoms with Crippen LogP contribution in [0.4, 0.5) is 0 Å². The molecule has 2 aromatic rings. The number of carbonyl (C=O) groups is 1. The van der Waals surface area contributed by atoms with E-state index >= 15 is 0 Å². The van der Waals surface area contributed by atoms with Crippen LogP contribution in [0, 0.1) is 6.92 Å². The summed E-state index contributed by atoms with van der Waals surface area (Å²) < 4.78 is 1.55. The molecule has 0 saturated heterocycles. The van der Waals surface area contributed by atoms with Crippen molar-refractivity contribution in [2.75, 3.05) is 7.05 Å². The van der Waals surface area contributed by atoms with Crippen molar-refractivity contribution in [2.24, 2.45) is 0 Å². The van der Waals surface area contributed by atoms with Gasteiger partial charge >= 0.3 is 0 Å².